The van der Waals surface area contributed by atoms with E-state index in [-0.39, 0.29) is 12.2 Å². The SMILES string of the molecule is CCOC(=O)C1=C(C)N=c2s/c(=C/c3cc(Br)c(N4CCCCC4)o3)c(=O)n2[C@H]1c1ccc(Cl)cc1. The average Bonchev–Trinajstić information content (AvgIpc) is 3.38. The molecule has 188 valence electrons. The zero-order valence-corrected chi connectivity index (χ0v) is 23.1. The van der Waals surface area contributed by atoms with E-state index >= 15 is 0 Å². The van der Waals surface area contributed by atoms with Gasteiger partial charge in [-0.15, -0.1) is 0 Å². The Balaban J connectivity index is 1.62. The number of carbonyl (C=O) groups is 1. The highest BCUT2D eigenvalue weighted by atomic mass is 79.9. The molecule has 1 saturated heterocycles. The second-order valence-corrected chi connectivity index (χ2v) is 11.0. The summed E-state index contributed by atoms with van der Waals surface area (Å²) in [5, 5.41) is 0.567. The van der Waals surface area contributed by atoms with Gasteiger partial charge in [-0.3, -0.25) is 9.36 Å². The van der Waals surface area contributed by atoms with E-state index in [1.807, 2.05) is 18.2 Å². The van der Waals surface area contributed by atoms with Crippen LogP contribution in [0.2, 0.25) is 5.02 Å². The van der Waals surface area contributed by atoms with Gasteiger partial charge in [0.05, 0.1) is 32.9 Å². The van der Waals surface area contributed by atoms with E-state index in [4.69, 9.17) is 20.8 Å². The van der Waals surface area contributed by atoms with E-state index in [9.17, 15) is 9.59 Å². The summed E-state index contributed by atoms with van der Waals surface area (Å²) in [4.78, 5) is 34.0. The minimum absolute atomic E-state index is 0.222. The topological polar surface area (TPSA) is 77.0 Å². The van der Waals surface area contributed by atoms with Crippen LogP contribution in [0.4, 0.5) is 5.88 Å². The van der Waals surface area contributed by atoms with Crippen molar-refractivity contribution in [3.63, 3.8) is 0 Å². The molecule has 1 atom stereocenters. The number of nitrogens with zero attached hydrogens (tertiary/aromatic N) is 3. The van der Waals surface area contributed by atoms with Gasteiger partial charge in [0, 0.05) is 30.3 Å². The fraction of sp³-hybridized carbons (Fsp3) is 0.346. The fourth-order valence-electron chi connectivity index (χ4n) is 4.64. The zero-order chi connectivity index (χ0) is 25.4. The molecule has 0 spiro atoms. The highest BCUT2D eigenvalue weighted by Crippen LogP contribution is 2.33. The number of furan rings is 1. The molecule has 0 N–H and O–H groups in total. The van der Waals surface area contributed by atoms with Gasteiger partial charge in [-0.05, 0) is 66.7 Å². The van der Waals surface area contributed by atoms with Crippen LogP contribution in [0, 0.1) is 0 Å². The van der Waals surface area contributed by atoms with E-state index in [1.165, 1.54) is 17.8 Å². The van der Waals surface area contributed by atoms with Crippen molar-refractivity contribution in [1.82, 2.24) is 4.57 Å². The van der Waals surface area contributed by atoms with E-state index in [1.54, 1.807) is 36.6 Å². The van der Waals surface area contributed by atoms with Crippen LogP contribution in [0.5, 0.6) is 0 Å². The van der Waals surface area contributed by atoms with Crippen LogP contribution in [-0.2, 0) is 9.53 Å². The molecule has 4 heterocycles. The summed E-state index contributed by atoms with van der Waals surface area (Å²) in [6.45, 7) is 5.64. The molecule has 0 radical (unpaired) electrons. The molecular formula is C26H25BrClN3O4S. The average molecular weight is 591 g/mol. The lowest BCUT2D eigenvalue weighted by atomic mass is 9.96. The zero-order valence-electron chi connectivity index (χ0n) is 19.9. The molecule has 7 nitrogen and oxygen atoms in total. The van der Waals surface area contributed by atoms with Crippen LogP contribution in [0.15, 0.2) is 60.3 Å². The van der Waals surface area contributed by atoms with Crippen LogP contribution >= 0.6 is 38.9 Å². The maximum Gasteiger partial charge on any atom is 0.338 e. The first-order valence-electron chi connectivity index (χ1n) is 11.9. The molecular weight excluding hydrogens is 566 g/mol. The smallest absolute Gasteiger partial charge is 0.338 e. The standard InChI is InChI=1S/C26H25BrClN3O4S/c1-3-34-25(33)21-15(2)29-26-31(22(21)16-7-9-17(28)10-8-16)23(32)20(36-26)14-18-13-19(27)24(35-18)30-11-5-4-6-12-30/h7-10,13-14,22H,3-6,11-12H2,1-2H3/b20-14+/t22-/m0/s1. The first-order chi connectivity index (χ1) is 17.4. The predicted octanol–water partition coefficient (Wildman–Crippen LogP) is 4.80. The molecule has 2 aliphatic heterocycles. The Bertz CT molecular complexity index is 1510. The van der Waals surface area contributed by atoms with Gasteiger partial charge in [-0.1, -0.05) is 35.1 Å². The molecule has 5 rings (SSSR count). The van der Waals surface area contributed by atoms with Gasteiger partial charge in [-0.25, -0.2) is 9.79 Å². The highest BCUT2D eigenvalue weighted by molar-refractivity contribution is 9.10. The summed E-state index contributed by atoms with van der Waals surface area (Å²) in [5.74, 6) is 0.874. The molecule has 1 fully saturated rings. The van der Waals surface area contributed by atoms with E-state index in [2.05, 4.69) is 25.8 Å². The maximum atomic E-state index is 13.7. The second kappa shape index (κ2) is 10.4. The largest absolute Gasteiger partial charge is 0.463 e. The normalized spacial score (nSPS) is 18.3. The number of aromatic nitrogens is 1. The van der Waals surface area contributed by atoms with Crippen LogP contribution in [-0.4, -0.2) is 30.2 Å². The third-order valence-corrected chi connectivity index (χ3v) is 8.11. The molecule has 2 aliphatic rings. The van der Waals surface area contributed by atoms with E-state index < -0.39 is 12.0 Å². The lowest BCUT2D eigenvalue weighted by Gasteiger charge is -2.26. The van der Waals surface area contributed by atoms with Crippen molar-refractivity contribution in [2.45, 2.75) is 39.2 Å². The summed E-state index contributed by atoms with van der Waals surface area (Å²) in [5.41, 5.74) is 1.36. The third kappa shape index (κ3) is 4.71. The van der Waals surface area contributed by atoms with E-state index in [0.717, 1.165) is 41.9 Å². The molecule has 0 aliphatic carbocycles. The number of anilines is 1. The maximum absolute atomic E-state index is 13.7. The fourth-order valence-corrected chi connectivity index (χ4v) is 6.35. The summed E-state index contributed by atoms with van der Waals surface area (Å²) in [6, 6.07) is 8.33. The first-order valence-corrected chi connectivity index (χ1v) is 13.9. The van der Waals surface area contributed by atoms with Crippen LogP contribution in [0.3, 0.4) is 0 Å². The van der Waals surface area contributed by atoms with Crippen LogP contribution in [0.1, 0.15) is 50.5 Å². The number of hydrogen-bond donors (Lipinski definition) is 0. The molecule has 2 aromatic heterocycles. The lowest BCUT2D eigenvalue weighted by molar-refractivity contribution is -0.139. The van der Waals surface area contributed by atoms with Crippen molar-refractivity contribution >= 4 is 56.8 Å². The van der Waals surface area contributed by atoms with Gasteiger partial charge in [0.15, 0.2) is 4.80 Å². The van der Waals surface area contributed by atoms with Crippen molar-refractivity contribution in [2.75, 3.05) is 24.6 Å². The number of benzene rings is 1. The van der Waals surface area contributed by atoms with Gasteiger partial charge in [0.1, 0.15) is 5.76 Å². The summed E-state index contributed by atoms with van der Waals surface area (Å²) in [7, 11) is 0. The number of esters is 1. The minimum Gasteiger partial charge on any atom is -0.463 e. The number of rotatable bonds is 5. The Labute approximate surface area is 225 Å². The van der Waals surface area contributed by atoms with Crippen LogP contribution < -0.4 is 19.8 Å². The Morgan fingerprint density at radius 1 is 1.28 bits per heavy atom. The predicted molar refractivity (Wildman–Crippen MR) is 144 cm³/mol. The number of hydrogen-bond acceptors (Lipinski definition) is 7. The van der Waals surface area contributed by atoms with E-state index in [0.29, 0.717) is 31.4 Å². The number of carbonyl (C=O) groups excluding carboxylic acids is 1. The number of halogens is 2. The summed E-state index contributed by atoms with van der Waals surface area (Å²) in [6.07, 6.45) is 5.23. The third-order valence-electron chi connectivity index (χ3n) is 6.31. The quantitative estimate of drug-likeness (QED) is 0.399. The minimum atomic E-state index is -0.674. The number of thiazole rings is 1. The van der Waals surface area contributed by atoms with Crippen molar-refractivity contribution in [3.8, 4) is 0 Å². The Hall–Kier alpha value is -2.62. The molecule has 0 amide bonds. The number of fused-ring (bicyclic) bond motifs is 1. The first kappa shape index (κ1) is 25.0. The second-order valence-electron chi connectivity index (χ2n) is 8.70. The number of piperidine rings is 1. The molecule has 0 unspecified atom stereocenters. The van der Waals surface area contributed by atoms with Gasteiger partial charge >= 0.3 is 5.97 Å². The van der Waals surface area contributed by atoms with Gasteiger partial charge in [0.2, 0.25) is 5.88 Å². The molecule has 36 heavy (non-hydrogen) atoms. The van der Waals surface area contributed by atoms with Crippen molar-refractivity contribution in [1.29, 1.82) is 0 Å². The van der Waals surface area contributed by atoms with Crippen LogP contribution in [0.25, 0.3) is 6.08 Å². The monoisotopic (exact) mass is 589 g/mol. The molecule has 1 aromatic carbocycles. The Morgan fingerprint density at radius 2 is 2.00 bits per heavy atom. The van der Waals surface area contributed by atoms with Gasteiger partial charge in [-0.2, -0.15) is 0 Å². The summed E-state index contributed by atoms with van der Waals surface area (Å²) < 4.78 is 14.4. The van der Waals surface area contributed by atoms with Crippen molar-refractivity contribution in [2.24, 2.45) is 4.99 Å². The summed E-state index contributed by atoms with van der Waals surface area (Å²) >= 11 is 11.0. The number of allylic oxidation sites excluding steroid dienone is 1. The molecule has 3 aromatic rings. The van der Waals surface area contributed by atoms with Gasteiger partial charge in [0.25, 0.3) is 5.56 Å². The highest BCUT2D eigenvalue weighted by Gasteiger charge is 2.33. The Kier molecular flexibility index (Phi) is 7.23. The molecule has 0 saturated carbocycles. The van der Waals surface area contributed by atoms with Crippen molar-refractivity contribution in [3.05, 3.63) is 82.1 Å². The Morgan fingerprint density at radius 3 is 2.69 bits per heavy atom. The van der Waals surface area contributed by atoms with Crippen molar-refractivity contribution < 1.29 is 13.9 Å². The molecule has 0 bridgehead atoms. The number of ether oxygens (including phenoxy) is 1. The van der Waals surface area contributed by atoms with Gasteiger partial charge < -0.3 is 14.1 Å². The molecule has 10 heteroatoms. The lowest BCUT2D eigenvalue weighted by Crippen LogP contribution is -2.39.